The third-order valence-corrected chi connectivity index (χ3v) is 3.52. The molecule has 0 nitrogen and oxygen atoms in total. The molecule has 0 spiro atoms. The maximum Gasteiger partial charge on any atom is 0.0336 e. The molecule has 1 rings (SSSR count). The van der Waals surface area contributed by atoms with Gasteiger partial charge in [0.15, 0.2) is 0 Å². The second-order valence-corrected chi connectivity index (χ2v) is 5.04. The molecule has 0 saturated heterocycles. The Bertz CT molecular complexity index is 305. The van der Waals surface area contributed by atoms with Crippen LogP contribution in [0.15, 0.2) is 12.1 Å². The maximum absolute atomic E-state index is 6.15. The normalized spacial score (nSPS) is 12.9. The van der Waals surface area contributed by atoms with Gasteiger partial charge in [0.2, 0.25) is 0 Å². The van der Waals surface area contributed by atoms with Crippen LogP contribution in [0.4, 0.5) is 0 Å². The molecule has 84 valence electrons. The Morgan fingerprint density at radius 3 is 2.13 bits per heavy atom. The van der Waals surface area contributed by atoms with Gasteiger partial charge < -0.3 is 0 Å². The predicted molar refractivity (Wildman–Crippen MR) is 68.9 cm³/mol. The van der Waals surface area contributed by atoms with Gasteiger partial charge in [0.25, 0.3) is 0 Å². The Morgan fingerprint density at radius 2 is 1.67 bits per heavy atom. The minimum Gasteiger partial charge on any atom is -0.123 e. The molecule has 0 heterocycles. The Balaban J connectivity index is 2.77. The monoisotopic (exact) mass is 224 g/mol. The topological polar surface area (TPSA) is 0 Å². The van der Waals surface area contributed by atoms with Crippen molar-refractivity contribution in [2.75, 3.05) is 0 Å². The highest BCUT2D eigenvalue weighted by Gasteiger charge is 2.07. The molecule has 0 aliphatic carbocycles. The largest absolute Gasteiger partial charge is 0.123 e. The fourth-order valence-corrected chi connectivity index (χ4v) is 2.22. The van der Waals surface area contributed by atoms with Crippen LogP contribution in [-0.4, -0.2) is 5.38 Å². The first-order valence-corrected chi connectivity index (χ1v) is 6.19. The van der Waals surface area contributed by atoms with Gasteiger partial charge >= 0.3 is 0 Å². The highest BCUT2D eigenvalue weighted by atomic mass is 35.5. The van der Waals surface area contributed by atoms with Crippen molar-refractivity contribution in [1.29, 1.82) is 0 Å². The van der Waals surface area contributed by atoms with Gasteiger partial charge in [-0.2, -0.15) is 0 Å². The lowest BCUT2D eigenvalue weighted by molar-refractivity contribution is 0.722. The summed E-state index contributed by atoms with van der Waals surface area (Å²) in [4.78, 5) is 0. The number of aryl methyl sites for hydroxylation is 3. The van der Waals surface area contributed by atoms with Crippen molar-refractivity contribution in [2.24, 2.45) is 0 Å². The van der Waals surface area contributed by atoms with E-state index < -0.39 is 0 Å². The molecular formula is C14H21Cl. The molecule has 1 atom stereocenters. The van der Waals surface area contributed by atoms with Crippen LogP contribution >= 0.6 is 11.6 Å². The lowest BCUT2D eigenvalue weighted by atomic mass is 9.95. The fraction of sp³-hybridized carbons (Fsp3) is 0.571. The van der Waals surface area contributed by atoms with Gasteiger partial charge in [-0.1, -0.05) is 24.6 Å². The number of rotatable bonds is 4. The van der Waals surface area contributed by atoms with E-state index in [9.17, 15) is 0 Å². The standard InChI is InChI=1S/C14H21Cl/c1-5-13(15)6-7-14-11(3)8-10(2)9-12(14)4/h8-9,13H,5-7H2,1-4H3. The molecule has 1 heteroatoms. The van der Waals surface area contributed by atoms with Gasteiger partial charge in [-0.25, -0.2) is 0 Å². The van der Waals surface area contributed by atoms with E-state index in [1.807, 2.05) is 0 Å². The second-order valence-electron chi connectivity index (χ2n) is 4.42. The van der Waals surface area contributed by atoms with Gasteiger partial charge in [-0.15, -0.1) is 11.6 Å². The van der Waals surface area contributed by atoms with E-state index in [0.29, 0.717) is 5.38 Å². The fourth-order valence-electron chi connectivity index (χ4n) is 2.11. The number of hydrogen-bond acceptors (Lipinski definition) is 0. The minimum atomic E-state index is 0.324. The highest BCUT2D eigenvalue weighted by Crippen LogP contribution is 2.20. The molecule has 0 aliphatic heterocycles. The summed E-state index contributed by atoms with van der Waals surface area (Å²) in [5.41, 5.74) is 5.66. The van der Waals surface area contributed by atoms with Crippen molar-refractivity contribution in [2.45, 2.75) is 52.3 Å². The molecule has 1 aromatic rings. The number of benzene rings is 1. The summed E-state index contributed by atoms with van der Waals surface area (Å²) in [6, 6.07) is 4.52. The summed E-state index contributed by atoms with van der Waals surface area (Å²) >= 11 is 6.15. The van der Waals surface area contributed by atoms with Crippen LogP contribution in [0.3, 0.4) is 0 Å². The van der Waals surface area contributed by atoms with Crippen molar-refractivity contribution in [3.8, 4) is 0 Å². The zero-order chi connectivity index (χ0) is 11.4. The highest BCUT2D eigenvalue weighted by molar-refractivity contribution is 6.20. The smallest absolute Gasteiger partial charge is 0.0336 e. The van der Waals surface area contributed by atoms with Gasteiger partial charge in [-0.05, 0) is 56.7 Å². The average Bonchev–Trinajstić information content (AvgIpc) is 2.15. The van der Waals surface area contributed by atoms with Gasteiger partial charge in [0, 0.05) is 5.38 Å². The summed E-state index contributed by atoms with van der Waals surface area (Å²) in [6.45, 7) is 8.70. The number of alkyl halides is 1. The zero-order valence-electron chi connectivity index (χ0n) is 10.2. The van der Waals surface area contributed by atoms with Crippen LogP contribution in [0.2, 0.25) is 0 Å². The molecular weight excluding hydrogens is 204 g/mol. The van der Waals surface area contributed by atoms with Crippen LogP contribution in [0.1, 0.15) is 42.0 Å². The SMILES string of the molecule is CCC(Cl)CCc1c(C)cc(C)cc1C. The lowest BCUT2D eigenvalue weighted by Crippen LogP contribution is -2.02. The first kappa shape index (κ1) is 12.6. The van der Waals surface area contributed by atoms with E-state index in [-0.39, 0.29) is 0 Å². The van der Waals surface area contributed by atoms with E-state index in [4.69, 9.17) is 11.6 Å². The van der Waals surface area contributed by atoms with E-state index in [1.165, 1.54) is 22.3 Å². The first-order chi connectivity index (χ1) is 7.04. The maximum atomic E-state index is 6.15. The van der Waals surface area contributed by atoms with Crippen molar-refractivity contribution in [3.63, 3.8) is 0 Å². The Kier molecular flexibility index (Phi) is 4.66. The molecule has 0 aromatic heterocycles. The molecule has 15 heavy (non-hydrogen) atoms. The number of hydrogen-bond donors (Lipinski definition) is 0. The quantitative estimate of drug-likeness (QED) is 0.658. The molecule has 0 radical (unpaired) electrons. The third-order valence-electron chi connectivity index (χ3n) is 2.99. The second kappa shape index (κ2) is 5.55. The summed E-state index contributed by atoms with van der Waals surface area (Å²) < 4.78 is 0. The molecule has 0 aliphatic rings. The number of halogens is 1. The third kappa shape index (κ3) is 3.53. The van der Waals surface area contributed by atoms with Crippen molar-refractivity contribution in [3.05, 3.63) is 34.4 Å². The van der Waals surface area contributed by atoms with E-state index in [1.54, 1.807) is 0 Å². The van der Waals surface area contributed by atoms with E-state index >= 15 is 0 Å². The predicted octanol–water partition coefficient (Wildman–Crippen LogP) is 4.56. The van der Waals surface area contributed by atoms with Crippen LogP contribution < -0.4 is 0 Å². The minimum absolute atomic E-state index is 0.324. The summed E-state index contributed by atoms with van der Waals surface area (Å²) in [5.74, 6) is 0. The van der Waals surface area contributed by atoms with Crippen molar-refractivity contribution >= 4 is 11.6 Å². The average molecular weight is 225 g/mol. The molecule has 0 fully saturated rings. The van der Waals surface area contributed by atoms with Gasteiger partial charge in [-0.3, -0.25) is 0 Å². The molecule has 1 aromatic carbocycles. The van der Waals surface area contributed by atoms with Crippen LogP contribution in [0.25, 0.3) is 0 Å². The van der Waals surface area contributed by atoms with Crippen LogP contribution in [0.5, 0.6) is 0 Å². The zero-order valence-corrected chi connectivity index (χ0v) is 11.0. The summed E-state index contributed by atoms with van der Waals surface area (Å²) in [5, 5.41) is 0.324. The van der Waals surface area contributed by atoms with Gasteiger partial charge in [0.1, 0.15) is 0 Å². The molecule has 0 amide bonds. The lowest BCUT2D eigenvalue weighted by Gasteiger charge is -2.12. The van der Waals surface area contributed by atoms with Crippen molar-refractivity contribution in [1.82, 2.24) is 0 Å². The molecule has 0 N–H and O–H groups in total. The Hall–Kier alpha value is -0.490. The van der Waals surface area contributed by atoms with E-state index in [0.717, 1.165) is 19.3 Å². The van der Waals surface area contributed by atoms with E-state index in [2.05, 4.69) is 39.8 Å². The molecule has 0 bridgehead atoms. The van der Waals surface area contributed by atoms with Crippen LogP contribution in [-0.2, 0) is 6.42 Å². The van der Waals surface area contributed by atoms with Gasteiger partial charge in [0.05, 0.1) is 0 Å². The van der Waals surface area contributed by atoms with Crippen molar-refractivity contribution < 1.29 is 0 Å². The summed E-state index contributed by atoms with van der Waals surface area (Å²) in [7, 11) is 0. The first-order valence-electron chi connectivity index (χ1n) is 5.75. The Labute approximate surface area is 98.7 Å². The molecule has 0 saturated carbocycles. The summed E-state index contributed by atoms with van der Waals surface area (Å²) in [6.07, 6.45) is 3.26. The van der Waals surface area contributed by atoms with Crippen LogP contribution in [0, 0.1) is 20.8 Å². The molecule has 1 unspecified atom stereocenters. The Morgan fingerprint density at radius 1 is 1.13 bits per heavy atom.